The monoisotopic (exact) mass is 721 g/mol. The Hall–Kier alpha value is -4.32. The number of likely N-dealkylation sites (N-methyl/N-ethyl adjacent to an activating group) is 2. The van der Waals surface area contributed by atoms with Gasteiger partial charge in [0.05, 0.1) is 41.2 Å². The first-order chi connectivity index (χ1) is 25.9. The Morgan fingerprint density at radius 3 is 2.19 bits per heavy atom. The average molecular weight is 722 g/mol. The summed E-state index contributed by atoms with van der Waals surface area (Å²) < 4.78 is 37.8. The Labute approximate surface area is 312 Å². The molecule has 0 amide bonds. The second-order valence-electron chi connectivity index (χ2n) is 14.7. The average Bonchev–Trinajstić information content (AvgIpc) is 3.18. The normalized spacial score (nSPS) is 20.4. The van der Waals surface area contributed by atoms with Crippen LogP contribution in [-0.4, -0.2) is 94.6 Å². The molecule has 0 saturated carbocycles. The Morgan fingerprint density at radius 2 is 1.45 bits per heavy atom. The molecule has 53 heavy (non-hydrogen) atoms. The number of fused-ring (bicyclic) bond motifs is 2. The van der Waals surface area contributed by atoms with E-state index >= 15 is 0 Å². The third-order valence-electron chi connectivity index (χ3n) is 11.7. The minimum Gasteiger partial charge on any atom is -0.493 e. The summed E-state index contributed by atoms with van der Waals surface area (Å²) in [6.07, 6.45) is 3.23. The number of hydrogen-bond acceptors (Lipinski definition) is 10. The van der Waals surface area contributed by atoms with Gasteiger partial charge in [-0.1, -0.05) is 18.2 Å². The molecule has 4 aromatic carbocycles. The van der Waals surface area contributed by atoms with Crippen molar-refractivity contribution in [2.45, 2.75) is 50.9 Å². The van der Waals surface area contributed by atoms with E-state index in [2.05, 4.69) is 65.2 Å². The molecule has 0 aromatic heterocycles. The van der Waals surface area contributed by atoms with Crippen molar-refractivity contribution >= 4 is 0 Å². The molecule has 0 spiro atoms. The fourth-order valence-corrected chi connectivity index (χ4v) is 8.71. The maximum Gasteiger partial charge on any atom is 0.204 e. The number of ether oxygens (including phenoxy) is 6. The highest BCUT2D eigenvalue weighted by atomic mass is 16.5. The Balaban J connectivity index is 1.37. The van der Waals surface area contributed by atoms with Crippen LogP contribution < -0.4 is 23.7 Å². The van der Waals surface area contributed by atoms with E-state index in [-0.39, 0.29) is 18.7 Å². The van der Waals surface area contributed by atoms with Crippen LogP contribution in [0.15, 0.2) is 54.6 Å². The maximum atomic E-state index is 10.8. The van der Waals surface area contributed by atoms with Gasteiger partial charge in [-0.2, -0.15) is 0 Å². The van der Waals surface area contributed by atoms with Gasteiger partial charge in [-0.3, -0.25) is 14.7 Å². The van der Waals surface area contributed by atoms with Crippen molar-refractivity contribution in [1.82, 2.24) is 14.7 Å². The highest BCUT2D eigenvalue weighted by Crippen LogP contribution is 2.53. The first kappa shape index (κ1) is 35.7. The fraction of sp³-hybridized carbons (Fsp3) is 0.442. The molecule has 1 fully saturated rings. The van der Waals surface area contributed by atoms with E-state index in [9.17, 15) is 5.11 Å². The minimum absolute atomic E-state index is 0.0644. The highest BCUT2D eigenvalue weighted by molar-refractivity contribution is 5.67. The molecular formula is C43H51N3O7. The third kappa shape index (κ3) is 6.83. The van der Waals surface area contributed by atoms with E-state index in [0.29, 0.717) is 54.1 Å². The lowest BCUT2D eigenvalue weighted by Gasteiger charge is -2.39. The Bertz CT molecular complexity index is 1960. The Kier molecular flexibility index (Phi) is 10.2. The molecule has 10 nitrogen and oxygen atoms in total. The van der Waals surface area contributed by atoms with Crippen LogP contribution >= 0.6 is 0 Å². The number of methoxy groups -OCH3 is 3. The summed E-state index contributed by atoms with van der Waals surface area (Å²) in [6, 6.07) is 19.0. The molecule has 4 aromatic rings. The van der Waals surface area contributed by atoms with E-state index in [1.807, 2.05) is 18.2 Å². The van der Waals surface area contributed by atoms with Crippen molar-refractivity contribution in [3.8, 4) is 40.2 Å². The topological polar surface area (TPSA) is 85.3 Å². The second-order valence-corrected chi connectivity index (χ2v) is 14.7. The lowest BCUT2D eigenvalue weighted by molar-refractivity contribution is 0.0336. The second kappa shape index (κ2) is 15.2. The van der Waals surface area contributed by atoms with Gasteiger partial charge in [-0.25, -0.2) is 0 Å². The summed E-state index contributed by atoms with van der Waals surface area (Å²) in [4.78, 5) is 7.26. The largest absolute Gasteiger partial charge is 0.493 e. The maximum absolute atomic E-state index is 10.8. The number of aliphatic hydroxyl groups excluding tert-OH is 1. The van der Waals surface area contributed by atoms with Gasteiger partial charge in [0.1, 0.15) is 11.5 Å². The molecule has 0 radical (unpaired) electrons. The number of aliphatic hydroxyl groups is 1. The van der Waals surface area contributed by atoms with E-state index in [1.165, 1.54) is 22.3 Å². The number of hydrogen-bond donors (Lipinski definition) is 1. The van der Waals surface area contributed by atoms with Crippen LogP contribution in [0, 0.1) is 0 Å². The number of nitrogens with zero attached hydrogens (tertiary/aromatic N) is 3. The van der Waals surface area contributed by atoms with Crippen LogP contribution in [0.3, 0.4) is 0 Å². The highest BCUT2D eigenvalue weighted by Gasteiger charge is 2.37. The molecule has 2 atom stereocenters. The summed E-state index contributed by atoms with van der Waals surface area (Å²) in [5.41, 5.74) is 8.98. The smallest absolute Gasteiger partial charge is 0.204 e. The molecule has 1 saturated heterocycles. The van der Waals surface area contributed by atoms with Gasteiger partial charge in [0.2, 0.25) is 5.75 Å². The lowest BCUT2D eigenvalue weighted by Crippen LogP contribution is -2.38. The van der Waals surface area contributed by atoms with Crippen LogP contribution in [0.25, 0.3) is 0 Å². The van der Waals surface area contributed by atoms with Crippen LogP contribution in [0.4, 0.5) is 0 Å². The fourth-order valence-electron chi connectivity index (χ4n) is 8.71. The summed E-state index contributed by atoms with van der Waals surface area (Å²) in [5, 5.41) is 10.8. The molecule has 0 aliphatic carbocycles. The number of morpholine rings is 1. The van der Waals surface area contributed by atoms with Crippen molar-refractivity contribution < 1.29 is 33.5 Å². The predicted molar refractivity (Wildman–Crippen MR) is 203 cm³/mol. The zero-order valence-corrected chi connectivity index (χ0v) is 31.6. The minimum atomic E-state index is -0.140. The summed E-state index contributed by atoms with van der Waals surface area (Å²) >= 11 is 0. The SMILES string of the molecule is COc1ccc2cc1Oc1ccc(cc1)C[C@H]1c3cc(c(CO)cc3CCN1C)Oc1c(OC)c(OC)c(CN3CCOCC3)c3c1[C@H](C2)N(C)CC3. The van der Waals surface area contributed by atoms with Crippen molar-refractivity contribution in [3.05, 3.63) is 99.1 Å². The predicted octanol–water partition coefficient (Wildman–Crippen LogP) is 6.48. The number of rotatable bonds is 6. The van der Waals surface area contributed by atoms with Crippen molar-refractivity contribution in [1.29, 1.82) is 0 Å². The molecule has 5 heterocycles. The van der Waals surface area contributed by atoms with Gasteiger partial charge < -0.3 is 33.5 Å². The van der Waals surface area contributed by atoms with Gasteiger partial charge in [0.15, 0.2) is 23.0 Å². The zero-order valence-electron chi connectivity index (χ0n) is 31.6. The van der Waals surface area contributed by atoms with Gasteiger partial charge in [-0.15, -0.1) is 0 Å². The molecule has 6 bridgehead atoms. The molecule has 1 N–H and O–H groups in total. The van der Waals surface area contributed by atoms with E-state index in [1.54, 1.807) is 21.3 Å². The molecule has 10 heteroatoms. The van der Waals surface area contributed by atoms with E-state index < -0.39 is 0 Å². The van der Waals surface area contributed by atoms with Gasteiger partial charge in [-0.05, 0) is 104 Å². The van der Waals surface area contributed by atoms with Gasteiger partial charge in [0.25, 0.3) is 0 Å². The molecule has 5 aliphatic heterocycles. The molecular weight excluding hydrogens is 670 g/mol. The van der Waals surface area contributed by atoms with Crippen molar-refractivity contribution in [2.24, 2.45) is 0 Å². The van der Waals surface area contributed by atoms with E-state index in [4.69, 9.17) is 28.4 Å². The van der Waals surface area contributed by atoms with Crippen molar-refractivity contribution in [3.63, 3.8) is 0 Å². The van der Waals surface area contributed by atoms with E-state index in [0.717, 1.165) is 80.0 Å². The van der Waals surface area contributed by atoms with Crippen LogP contribution in [-0.2, 0) is 43.6 Å². The standard InChI is InChI=1S/C43H51N3O7/c1-44-14-12-29-23-30(26-47)38-24-33(29)35(44)20-27-6-9-31(10-7-27)52-39-22-28(8-11-37(39)48-3)21-36-40-32(13-15-45(36)2)34(25-46-16-18-51-19-17-46)41(49-4)43(50-5)42(40)53-38/h6-11,22-24,35-36,47H,12-21,25-26H2,1-5H3/t35-,36-/m0/s1. The van der Waals surface area contributed by atoms with Gasteiger partial charge >= 0.3 is 0 Å². The van der Waals surface area contributed by atoms with Crippen LogP contribution in [0.1, 0.15) is 56.6 Å². The van der Waals surface area contributed by atoms with Crippen LogP contribution in [0.5, 0.6) is 40.2 Å². The third-order valence-corrected chi connectivity index (χ3v) is 11.7. The zero-order chi connectivity index (χ0) is 36.6. The quantitative estimate of drug-likeness (QED) is 0.239. The number of benzene rings is 4. The lowest BCUT2D eigenvalue weighted by atomic mass is 9.84. The first-order valence-corrected chi connectivity index (χ1v) is 18.8. The summed E-state index contributed by atoms with van der Waals surface area (Å²) in [5.74, 6) is 4.66. The molecule has 280 valence electrons. The summed E-state index contributed by atoms with van der Waals surface area (Å²) in [6.45, 7) is 5.49. The molecule has 5 aliphatic rings. The molecule has 0 unspecified atom stereocenters. The van der Waals surface area contributed by atoms with Crippen molar-refractivity contribution in [2.75, 3.05) is 74.8 Å². The van der Waals surface area contributed by atoms with Crippen LogP contribution in [0.2, 0.25) is 0 Å². The van der Waals surface area contributed by atoms with Gasteiger partial charge in [0, 0.05) is 61.5 Å². The first-order valence-electron chi connectivity index (χ1n) is 18.8. The summed E-state index contributed by atoms with van der Waals surface area (Å²) in [7, 11) is 9.46. The Morgan fingerprint density at radius 1 is 0.736 bits per heavy atom. The molecule has 9 rings (SSSR count).